The second-order valence-corrected chi connectivity index (χ2v) is 5.32. The molecular weight excluding hydrogens is 246 g/mol. The lowest BCUT2D eigenvalue weighted by molar-refractivity contribution is -0.118. The number of thioether (sulfide) groups is 1. The van der Waals surface area contributed by atoms with Gasteiger partial charge in [-0.3, -0.25) is 9.59 Å². The van der Waals surface area contributed by atoms with Crippen LogP contribution >= 0.6 is 11.8 Å². The summed E-state index contributed by atoms with van der Waals surface area (Å²) in [7, 11) is 0. The quantitative estimate of drug-likeness (QED) is 0.841. The zero-order chi connectivity index (χ0) is 13.0. The van der Waals surface area contributed by atoms with Crippen molar-refractivity contribution in [3.05, 3.63) is 29.8 Å². The van der Waals surface area contributed by atoms with Crippen molar-refractivity contribution in [2.45, 2.75) is 19.3 Å². The molecule has 0 aliphatic carbocycles. The van der Waals surface area contributed by atoms with Gasteiger partial charge in [0.25, 0.3) is 0 Å². The summed E-state index contributed by atoms with van der Waals surface area (Å²) < 4.78 is 0. The molecule has 0 fully saturated rings. The summed E-state index contributed by atoms with van der Waals surface area (Å²) in [5.41, 5.74) is 1.47. The molecule has 0 radical (unpaired) electrons. The zero-order valence-electron chi connectivity index (χ0n) is 10.5. The van der Waals surface area contributed by atoms with Gasteiger partial charge in [-0.1, -0.05) is 12.1 Å². The van der Waals surface area contributed by atoms with Gasteiger partial charge >= 0.3 is 0 Å². The number of anilines is 1. The molecule has 96 valence electrons. The molecule has 1 aromatic rings. The minimum absolute atomic E-state index is 0.117. The molecule has 0 aromatic heterocycles. The molecule has 18 heavy (non-hydrogen) atoms. The van der Waals surface area contributed by atoms with Crippen molar-refractivity contribution in [3.63, 3.8) is 0 Å². The maximum absolute atomic E-state index is 12.2. The van der Waals surface area contributed by atoms with E-state index in [-0.39, 0.29) is 11.7 Å². The highest BCUT2D eigenvalue weighted by Gasteiger charge is 2.24. The normalized spacial score (nSPS) is 15.2. The largest absolute Gasteiger partial charge is 0.312 e. The molecule has 2 rings (SSSR count). The Balaban J connectivity index is 2.28. The third-order valence-electron chi connectivity index (χ3n) is 3.10. The van der Waals surface area contributed by atoms with Crippen molar-refractivity contribution in [2.75, 3.05) is 23.5 Å². The molecule has 1 aliphatic rings. The van der Waals surface area contributed by atoms with Crippen molar-refractivity contribution in [3.8, 4) is 0 Å². The van der Waals surface area contributed by atoms with Gasteiger partial charge in [0, 0.05) is 30.7 Å². The van der Waals surface area contributed by atoms with Crippen LogP contribution in [0.4, 0.5) is 5.69 Å². The molecule has 0 saturated heterocycles. The van der Waals surface area contributed by atoms with E-state index in [4.69, 9.17) is 0 Å². The number of Topliss-reactive ketones (excluding diaryl/α,β-unsaturated/α-hetero) is 1. The molecule has 1 aromatic carbocycles. The molecule has 0 unspecified atom stereocenters. The fourth-order valence-electron chi connectivity index (χ4n) is 2.18. The maximum atomic E-state index is 12.2. The summed E-state index contributed by atoms with van der Waals surface area (Å²) >= 11 is 1.67. The minimum Gasteiger partial charge on any atom is -0.312 e. The first-order valence-corrected chi connectivity index (χ1v) is 7.55. The topological polar surface area (TPSA) is 37.4 Å². The average molecular weight is 263 g/mol. The van der Waals surface area contributed by atoms with Crippen LogP contribution in [0.5, 0.6) is 0 Å². The number of hydrogen-bond acceptors (Lipinski definition) is 3. The molecule has 0 N–H and O–H groups in total. The number of nitrogens with zero attached hydrogens (tertiary/aromatic N) is 1. The number of carbonyl (C=O) groups is 2. The molecule has 0 saturated carbocycles. The van der Waals surface area contributed by atoms with Crippen molar-refractivity contribution in [1.82, 2.24) is 0 Å². The molecule has 1 heterocycles. The van der Waals surface area contributed by atoms with Crippen LogP contribution in [0.2, 0.25) is 0 Å². The van der Waals surface area contributed by atoms with Crippen LogP contribution in [-0.2, 0) is 4.79 Å². The third kappa shape index (κ3) is 2.75. The smallest absolute Gasteiger partial charge is 0.227 e. The predicted molar refractivity (Wildman–Crippen MR) is 75.4 cm³/mol. The van der Waals surface area contributed by atoms with Gasteiger partial charge in [0.1, 0.15) is 0 Å². The van der Waals surface area contributed by atoms with E-state index < -0.39 is 0 Å². The van der Waals surface area contributed by atoms with Gasteiger partial charge < -0.3 is 4.90 Å². The van der Waals surface area contributed by atoms with Crippen molar-refractivity contribution < 1.29 is 9.59 Å². The highest BCUT2D eigenvalue weighted by molar-refractivity contribution is 7.98. The Kier molecular flexibility index (Phi) is 4.42. The Hall–Kier alpha value is -1.29. The minimum atomic E-state index is 0.117. The van der Waals surface area contributed by atoms with Gasteiger partial charge in [0.05, 0.1) is 5.69 Å². The highest BCUT2D eigenvalue weighted by Crippen LogP contribution is 2.26. The van der Waals surface area contributed by atoms with Crippen LogP contribution in [-0.4, -0.2) is 30.2 Å². The number of benzene rings is 1. The molecule has 3 nitrogen and oxygen atoms in total. The number of hydrogen-bond donors (Lipinski definition) is 0. The van der Waals surface area contributed by atoms with E-state index in [0.717, 1.165) is 17.9 Å². The molecular formula is C14H17NO2S. The first-order chi connectivity index (χ1) is 8.74. The van der Waals surface area contributed by atoms with Crippen LogP contribution in [0.25, 0.3) is 0 Å². The number of fused-ring (bicyclic) bond motifs is 1. The Bertz CT molecular complexity index is 459. The van der Waals surface area contributed by atoms with E-state index in [1.807, 2.05) is 30.5 Å². The van der Waals surface area contributed by atoms with Gasteiger partial charge in [-0.2, -0.15) is 11.8 Å². The SMILES string of the molecule is CSCCC(=O)N1CCCC(=O)c2ccccc21. The molecule has 4 heteroatoms. The monoisotopic (exact) mass is 263 g/mol. The van der Waals surface area contributed by atoms with Crippen LogP contribution in [0.3, 0.4) is 0 Å². The van der Waals surface area contributed by atoms with E-state index >= 15 is 0 Å². The average Bonchev–Trinajstić information content (AvgIpc) is 2.56. The second-order valence-electron chi connectivity index (χ2n) is 4.33. The fraction of sp³-hybridized carbons (Fsp3) is 0.429. The summed E-state index contributed by atoms with van der Waals surface area (Å²) in [5, 5.41) is 0. The molecule has 0 spiro atoms. The highest BCUT2D eigenvalue weighted by atomic mass is 32.2. The Morgan fingerprint density at radius 2 is 2.17 bits per heavy atom. The fourth-order valence-corrected chi connectivity index (χ4v) is 2.56. The molecule has 1 amide bonds. The number of ketones is 1. The lowest BCUT2D eigenvalue weighted by Gasteiger charge is -2.22. The van der Waals surface area contributed by atoms with Gasteiger partial charge in [0.15, 0.2) is 5.78 Å². The maximum Gasteiger partial charge on any atom is 0.227 e. The lowest BCUT2D eigenvalue weighted by Crippen LogP contribution is -2.31. The van der Waals surface area contributed by atoms with E-state index in [1.165, 1.54) is 0 Å². The Morgan fingerprint density at radius 3 is 2.94 bits per heavy atom. The lowest BCUT2D eigenvalue weighted by atomic mass is 10.1. The van der Waals surface area contributed by atoms with E-state index in [1.54, 1.807) is 16.7 Å². The van der Waals surface area contributed by atoms with E-state index in [9.17, 15) is 9.59 Å². The van der Waals surface area contributed by atoms with Crippen LogP contribution in [0.15, 0.2) is 24.3 Å². The second kappa shape index (κ2) is 6.05. The van der Waals surface area contributed by atoms with Crippen LogP contribution in [0, 0.1) is 0 Å². The summed E-state index contributed by atoms with van der Waals surface area (Å²) in [6, 6.07) is 7.42. The first kappa shape index (κ1) is 13.1. The van der Waals surface area contributed by atoms with Gasteiger partial charge in [-0.15, -0.1) is 0 Å². The summed E-state index contributed by atoms with van der Waals surface area (Å²) in [4.78, 5) is 25.9. The standard InChI is InChI=1S/C14H17NO2S/c1-18-10-8-14(17)15-9-4-7-13(16)11-5-2-3-6-12(11)15/h2-3,5-6H,4,7-10H2,1H3. The molecule has 0 bridgehead atoms. The Morgan fingerprint density at radius 1 is 1.39 bits per heavy atom. The predicted octanol–water partition coefficient (Wildman–Crippen LogP) is 2.75. The van der Waals surface area contributed by atoms with Crippen LogP contribution in [0.1, 0.15) is 29.6 Å². The Labute approximate surface area is 112 Å². The first-order valence-electron chi connectivity index (χ1n) is 6.15. The summed E-state index contributed by atoms with van der Waals surface area (Å²) in [6.45, 7) is 0.649. The van der Waals surface area contributed by atoms with Crippen molar-refractivity contribution in [2.24, 2.45) is 0 Å². The third-order valence-corrected chi connectivity index (χ3v) is 3.71. The van der Waals surface area contributed by atoms with Gasteiger partial charge in [-0.05, 0) is 24.8 Å². The number of amides is 1. The summed E-state index contributed by atoms with van der Waals surface area (Å²) in [5.74, 6) is 1.09. The van der Waals surface area contributed by atoms with E-state index in [2.05, 4.69) is 0 Å². The van der Waals surface area contributed by atoms with Gasteiger partial charge in [0.2, 0.25) is 5.91 Å². The zero-order valence-corrected chi connectivity index (χ0v) is 11.3. The number of rotatable bonds is 3. The van der Waals surface area contributed by atoms with Crippen molar-refractivity contribution >= 4 is 29.1 Å². The molecule has 1 aliphatic heterocycles. The van der Waals surface area contributed by atoms with Crippen molar-refractivity contribution in [1.29, 1.82) is 0 Å². The van der Waals surface area contributed by atoms with E-state index in [0.29, 0.717) is 24.9 Å². The summed E-state index contributed by atoms with van der Waals surface area (Å²) in [6.07, 6.45) is 3.80. The number of para-hydroxylation sites is 1. The van der Waals surface area contributed by atoms with Gasteiger partial charge in [-0.25, -0.2) is 0 Å². The number of carbonyl (C=O) groups excluding carboxylic acids is 2. The molecule has 0 atom stereocenters. The van der Waals surface area contributed by atoms with Crippen LogP contribution < -0.4 is 4.90 Å².